The first-order chi connectivity index (χ1) is 13.8. The highest BCUT2D eigenvalue weighted by molar-refractivity contribution is 5.62. The summed E-state index contributed by atoms with van der Waals surface area (Å²) in [5, 5.41) is 17.7. The molecular formula is C24H24N2O2. The van der Waals surface area contributed by atoms with Crippen molar-refractivity contribution < 1.29 is 9.47 Å². The second-order valence-electron chi connectivity index (χ2n) is 6.96. The third kappa shape index (κ3) is 5.63. The number of allylic oxidation sites excluding steroid dienone is 1. The van der Waals surface area contributed by atoms with Crippen LogP contribution >= 0.6 is 0 Å². The van der Waals surface area contributed by atoms with E-state index in [0.717, 1.165) is 11.3 Å². The molecule has 0 amide bonds. The van der Waals surface area contributed by atoms with E-state index in [-0.39, 0.29) is 5.57 Å². The first-order valence-electron chi connectivity index (χ1n) is 9.76. The minimum absolute atomic E-state index is 0.0668. The predicted molar refractivity (Wildman–Crippen MR) is 109 cm³/mol. The van der Waals surface area contributed by atoms with Crippen LogP contribution in [-0.2, 0) is 0 Å². The van der Waals surface area contributed by atoms with Crippen molar-refractivity contribution in [1.82, 2.24) is 0 Å². The Morgan fingerprint density at radius 2 is 1.57 bits per heavy atom. The van der Waals surface area contributed by atoms with Gasteiger partial charge in [0.1, 0.15) is 42.4 Å². The zero-order valence-electron chi connectivity index (χ0n) is 15.9. The number of nitriles is 2. The van der Waals surface area contributed by atoms with Crippen LogP contribution in [0.4, 0.5) is 0 Å². The van der Waals surface area contributed by atoms with E-state index in [4.69, 9.17) is 20.0 Å². The number of benzene rings is 2. The van der Waals surface area contributed by atoms with Gasteiger partial charge in [0.15, 0.2) is 0 Å². The van der Waals surface area contributed by atoms with Crippen molar-refractivity contribution >= 4 is 6.08 Å². The number of rotatable bonds is 7. The number of ether oxygens (including phenoxy) is 2. The lowest BCUT2D eigenvalue weighted by Crippen LogP contribution is -2.09. The summed E-state index contributed by atoms with van der Waals surface area (Å²) in [6.07, 6.45) is 8.18. The van der Waals surface area contributed by atoms with Gasteiger partial charge in [0, 0.05) is 0 Å². The third-order valence-corrected chi connectivity index (χ3v) is 4.99. The molecule has 2 aromatic carbocycles. The molecule has 3 rings (SSSR count). The topological polar surface area (TPSA) is 66.0 Å². The van der Waals surface area contributed by atoms with Crippen molar-refractivity contribution in [2.45, 2.75) is 38.0 Å². The Labute approximate surface area is 166 Å². The van der Waals surface area contributed by atoms with Gasteiger partial charge in [-0.25, -0.2) is 0 Å². The van der Waals surface area contributed by atoms with E-state index in [0.29, 0.717) is 24.9 Å². The lowest BCUT2D eigenvalue weighted by molar-refractivity contribution is 0.217. The lowest BCUT2D eigenvalue weighted by Gasteiger charge is -2.22. The van der Waals surface area contributed by atoms with Crippen LogP contribution in [0.5, 0.6) is 11.5 Å². The van der Waals surface area contributed by atoms with E-state index in [1.807, 2.05) is 42.5 Å². The van der Waals surface area contributed by atoms with Crippen LogP contribution in [0.1, 0.15) is 49.1 Å². The monoisotopic (exact) mass is 372 g/mol. The Kier molecular flexibility index (Phi) is 7.10. The van der Waals surface area contributed by atoms with Crippen LogP contribution < -0.4 is 9.47 Å². The predicted octanol–water partition coefficient (Wildman–Crippen LogP) is 5.62. The van der Waals surface area contributed by atoms with Gasteiger partial charge < -0.3 is 9.47 Å². The number of hydrogen-bond acceptors (Lipinski definition) is 4. The molecule has 0 aliphatic heterocycles. The fourth-order valence-electron chi connectivity index (χ4n) is 3.54. The fraction of sp³-hybridized carbons (Fsp3) is 0.333. The average Bonchev–Trinajstić information content (AvgIpc) is 2.76. The minimum Gasteiger partial charge on any atom is -0.490 e. The fourth-order valence-corrected chi connectivity index (χ4v) is 3.54. The molecule has 0 radical (unpaired) electrons. The molecule has 0 atom stereocenters. The van der Waals surface area contributed by atoms with Gasteiger partial charge in [0.05, 0.1) is 0 Å². The van der Waals surface area contributed by atoms with Gasteiger partial charge in [-0.05, 0) is 60.2 Å². The molecule has 0 N–H and O–H groups in total. The van der Waals surface area contributed by atoms with Gasteiger partial charge in [0.2, 0.25) is 0 Å². The van der Waals surface area contributed by atoms with Crippen molar-refractivity contribution in [1.29, 1.82) is 10.5 Å². The van der Waals surface area contributed by atoms with Crippen LogP contribution in [0.2, 0.25) is 0 Å². The summed E-state index contributed by atoms with van der Waals surface area (Å²) in [5.41, 5.74) is 2.24. The molecule has 1 fully saturated rings. The molecule has 142 valence electrons. The maximum Gasteiger partial charge on any atom is 0.130 e. The molecule has 2 aromatic rings. The van der Waals surface area contributed by atoms with Crippen LogP contribution in [-0.4, -0.2) is 13.2 Å². The van der Waals surface area contributed by atoms with E-state index in [2.05, 4.69) is 12.1 Å². The van der Waals surface area contributed by atoms with Crippen molar-refractivity contribution in [3.63, 3.8) is 0 Å². The second kappa shape index (κ2) is 10.2. The van der Waals surface area contributed by atoms with Crippen LogP contribution in [0.3, 0.4) is 0 Å². The van der Waals surface area contributed by atoms with E-state index < -0.39 is 0 Å². The average molecular weight is 372 g/mol. The summed E-state index contributed by atoms with van der Waals surface area (Å²) in [6.45, 7) is 0.866. The summed E-state index contributed by atoms with van der Waals surface area (Å²) in [6, 6.07) is 19.5. The van der Waals surface area contributed by atoms with Crippen molar-refractivity contribution in [2.75, 3.05) is 13.2 Å². The highest BCUT2D eigenvalue weighted by Gasteiger charge is 2.15. The van der Waals surface area contributed by atoms with Gasteiger partial charge in [0.25, 0.3) is 0 Å². The molecule has 0 unspecified atom stereocenters. The Balaban J connectivity index is 1.46. The highest BCUT2D eigenvalue weighted by atomic mass is 16.5. The lowest BCUT2D eigenvalue weighted by atomic mass is 9.84. The van der Waals surface area contributed by atoms with E-state index in [1.165, 1.54) is 43.7 Å². The SMILES string of the molecule is N#CC(C#N)=Cc1cccc(OCCOc2ccc(C3CCCCC3)cc2)c1. The van der Waals surface area contributed by atoms with Crippen LogP contribution in [0.15, 0.2) is 54.1 Å². The third-order valence-electron chi connectivity index (χ3n) is 4.99. The smallest absolute Gasteiger partial charge is 0.130 e. The van der Waals surface area contributed by atoms with Gasteiger partial charge >= 0.3 is 0 Å². The molecule has 4 nitrogen and oxygen atoms in total. The zero-order chi connectivity index (χ0) is 19.6. The first kappa shape index (κ1) is 19.5. The van der Waals surface area contributed by atoms with E-state index in [9.17, 15) is 0 Å². The molecule has 1 aliphatic rings. The maximum atomic E-state index is 8.84. The van der Waals surface area contributed by atoms with Crippen LogP contribution in [0, 0.1) is 22.7 Å². The highest BCUT2D eigenvalue weighted by Crippen LogP contribution is 2.33. The molecule has 0 bridgehead atoms. The Hall–Kier alpha value is -3.24. The molecule has 1 aliphatic carbocycles. The summed E-state index contributed by atoms with van der Waals surface area (Å²) < 4.78 is 11.5. The minimum atomic E-state index is 0.0668. The summed E-state index contributed by atoms with van der Waals surface area (Å²) in [4.78, 5) is 0. The van der Waals surface area contributed by atoms with E-state index in [1.54, 1.807) is 6.07 Å². The normalized spacial score (nSPS) is 13.8. The Morgan fingerprint density at radius 1 is 0.893 bits per heavy atom. The van der Waals surface area contributed by atoms with E-state index >= 15 is 0 Å². The van der Waals surface area contributed by atoms with Crippen molar-refractivity contribution in [2.24, 2.45) is 0 Å². The first-order valence-corrected chi connectivity index (χ1v) is 9.76. The second-order valence-corrected chi connectivity index (χ2v) is 6.96. The quantitative estimate of drug-likeness (QED) is 0.467. The molecule has 28 heavy (non-hydrogen) atoms. The largest absolute Gasteiger partial charge is 0.490 e. The van der Waals surface area contributed by atoms with Crippen molar-refractivity contribution in [3.05, 3.63) is 65.2 Å². The molecular weight excluding hydrogens is 348 g/mol. The molecule has 4 heteroatoms. The molecule has 0 heterocycles. The summed E-state index contributed by atoms with van der Waals surface area (Å²) >= 11 is 0. The van der Waals surface area contributed by atoms with Crippen molar-refractivity contribution in [3.8, 4) is 23.6 Å². The molecule has 0 spiro atoms. The molecule has 1 saturated carbocycles. The van der Waals surface area contributed by atoms with Gasteiger partial charge in [-0.2, -0.15) is 10.5 Å². The van der Waals surface area contributed by atoms with Gasteiger partial charge in [-0.3, -0.25) is 0 Å². The maximum absolute atomic E-state index is 8.84. The van der Waals surface area contributed by atoms with Gasteiger partial charge in [-0.1, -0.05) is 43.5 Å². The molecule has 0 saturated heterocycles. The number of hydrogen-bond donors (Lipinski definition) is 0. The number of nitrogens with zero attached hydrogens (tertiary/aromatic N) is 2. The summed E-state index contributed by atoms with van der Waals surface area (Å²) in [5.74, 6) is 2.24. The van der Waals surface area contributed by atoms with Crippen LogP contribution in [0.25, 0.3) is 6.08 Å². The molecule has 0 aromatic heterocycles. The zero-order valence-corrected chi connectivity index (χ0v) is 15.9. The summed E-state index contributed by atoms with van der Waals surface area (Å²) in [7, 11) is 0. The van der Waals surface area contributed by atoms with Gasteiger partial charge in [-0.15, -0.1) is 0 Å². The standard InChI is InChI=1S/C24H24N2O2/c25-17-20(18-26)15-19-5-4-8-24(16-19)28-14-13-27-23-11-9-22(10-12-23)21-6-2-1-3-7-21/h4-5,8-12,15-16,21H,1-3,6-7,13-14H2. The Morgan fingerprint density at radius 3 is 2.25 bits per heavy atom. The Bertz CT molecular complexity index is 866.